The van der Waals surface area contributed by atoms with Crippen LogP contribution in [0.4, 0.5) is 4.39 Å². The van der Waals surface area contributed by atoms with Gasteiger partial charge in [0.1, 0.15) is 16.8 Å². The Labute approximate surface area is 191 Å². The van der Waals surface area contributed by atoms with Crippen LogP contribution in [0.25, 0.3) is 10.9 Å². The molecule has 0 radical (unpaired) electrons. The van der Waals surface area contributed by atoms with Crippen molar-refractivity contribution in [2.45, 2.75) is 54.7 Å². The van der Waals surface area contributed by atoms with Gasteiger partial charge in [0, 0.05) is 31.8 Å². The molecule has 0 bridgehead atoms. The highest BCUT2D eigenvalue weighted by atomic mass is 32.2. The number of benzene rings is 1. The topological polar surface area (TPSA) is 96.1 Å². The minimum atomic E-state index is -3.77. The monoisotopic (exact) mass is 474 g/mol. The molecule has 176 valence electrons. The molecule has 8 nitrogen and oxygen atoms in total. The molecular weight excluding hydrogens is 447 g/mol. The minimum Gasteiger partial charge on any atom is -0.381 e. The molecule has 33 heavy (non-hydrogen) atoms. The first-order valence-electron chi connectivity index (χ1n) is 11.3. The summed E-state index contributed by atoms with van der Waals surface area (Å²) in [5.41, 5.74) is 1.13. The maximum Gasteiger partial charge on any atom is 0.184 e. The van der Waals surface area contributed by atoms with Gasteiger partial charge in [-0.15, -0.1) is 0 Å². The summed E-state index contributed by atoms with van der Waals surface area (Å²) >= 11 is 0. The summed E-state index contributed by atoms with van der Waals surface area (Å²) in [6, 6.07) is 3.90. The molecule has 0 amide bonds. The minimum absolute atomic E-state index is 0.0545. The van der Waals surface area contributed by atoms with Crippen molar-refractivity contribution in [3.63, 3.8) is 0 Å². The van der Waals surface area contributed by atoms with E-state index in [0.29, 0.717) is 43.7 Å². The largest absolute Gasteiger partial charge is 0.381 e. The van der Waals surface area contributed by atoms with E-state index in [-0.39, 0.29) is 28.4 Å². The molecule has 1 aromatic carbocycles. The molecule has 1 aliphatic heterocycles. The second-order valence-corrected chi connectivity index (χ2v) is 11.2. The Morgan fingerprint density at radius 1 is 1.21 bits per heavy atom. The molecular formula is C23H27FN4O4S. The Bertz CT molecular complexity index is 1290. The van der Waals surface area contributed by atoms with Crippen LogP contribution in [0.5, 0.6) is 0 Å². The summed E-state index contributed by atoms with van der Waals surface area (Å²) in [6.45, 7) is 1.31. The van der Waals surface area contributed by atoms with Gasteiger partial charge in [-0.05, 0) is 56.2 Å². The van der Waals surface area contributed by atoms with Gasteiger partial charge in [-0.1, -0.05) is 0 Å². The summed E-state index contributed by atoms with van der Waals surface area (Å²) in [5.74, 6) is -0.540. The first kappa shape index (κ1) is 22.2. The number of fused-ring (bicyclic) bond motifs is 1. The van der Waals surface area contributed by atoms with Crippen LogP contribution in [0, 0.1) is 11.7 Å². The maximum atomic E-state index is 14.7. The number of aromatic nitrogens is 4. The molecule has 0 spiro atoms. The zero-order valence-electron chi connectivity index (χ0n) is 18.5. The number of ether oxygens (including phenoxy) is 1. The van der Waals surface area contributed by atoms with Crippen LogP contribution in [0.2, 0.25) is 0 Å². The molecule has 2 aromatic heterocycles. The van der Waals surface area contributed by atoms with Crippen LogP contribution in [0.1, 0.15) is 43.8 Å². The third kappa shape index (κ3) is 4.33. The molecule has 3 aromatic rings. The van der Waals surface area contributed by atoms with Crippen LogP contribution in [-0.2, 0) is 32.8 Å². The second kappa shape index (κ2) is 8.64. The lowest BCUT2D eigenvalue weighted by molar-refractivity contribution is -0.122. The molecule has 10 heteroatoms. The SMILES string of the molecule is Cn1ccc(CC(=O)C(CC2CCOCC2)n2ncc3c(S(=O)(=O)C4CC4)c(F)ccc32)n1. The first-order valence-corrected chi connectivity index (χ1v) is 12.9. The normalized spacial score (nSPS) is 18.6. The van der Waals surface area contributed by atoms with E-state index < -0.39 is 26.9 Å². The number of aryl methyl sites for hydroxylation is 1. The molecule has 5 rings (SSSR count). The van der Waals surface area contributed by atoms with Crippen LogP contribution in [0.3, 0.4) is 0 Å². The van der Waals surface area contributed by atoms with Crippen molar-refractivity contribution in [2.75, 3.05) is 13.2 Å². The van der Waals surface area contributed by atoms with Crippen LogP contribution < -0.4 is 0 Å². The number of nitrogens with zero attached hydrogens (tertiary/aromatic N) is 4. The van der Waals surface area contributed by atoms with Crippen molar-refractivity contribution in [2.24, 2.45) is 13.0 Å². The standard InChI is InChI=1S/C23H27FN4O4S/c1-27-9-6-16(26-27)13-22(29)21(12-15-7-10-32-11-8-15)28-20-5-4-19(24)23(18(20)14-25-28)33(30,31)17-2-3-17/h4-6,9,14-15,17,21H,2-3,7-8,10-13H2,1H3. The van der Waals surface area contributed by atoms with Crippen LogP contribution >= 0.6 is 0 Å². The molecule has 1 saturated heterocycles. The smallest absolute Gasteiger partial charge is 0.184 e. The number of halogens is 1. The Morgan fingerprint density at radius 2 is 1.97 bits per heavy atom. The van der Waals surface area contributed by atoms with Gasteiger partial charge in [0.15, 0.2) is 15.6 Å². The number of rotatable bonds is 8. The number of hydrogen-bond donors (Lipinski definition) is 0. The molecule has 0 N–H and O–H groups in total. The first-order chi connectivity index (χ1) is 15.8. The van der Waals surface area contributed by atoms with Crippen LogP contribution in [-0.4, -0.2) is 52.2 Å². The molecule has 3 heterocycles. The predicted molar refractivity (Wildman–Crippen MR) is 119 cm³/mol. The van der Waals surface area contributed by atoms with E-state index in [1.807, 2.05) is 0 Å². The lowest BCUT2D eigenvalue weighted by Gasteiger charge is -2.26. The number of carbonyl (C=O) groups excluding carboxylic acids is 1. The Balaban J connectivity index is 1.55. The number of hydrogen-bond acceptors (Lipinski definition) is 6. The second-order valence-electron chi connectivity index (χ2n) is 9.07. The molecule has 2 fully saturated rings. The van der Waals surface area contributed by atoms with Crippen LogP contribution in [0.15, 0.2) is 35.5 Å². The zero-order valence-corrected chi connectivity index (χ0v) is 19.3. The van der Waals surface area contributed by atoms with Crippen molar-refractivity contribution in [1.29, 1.82) is 0 Å². The average molecular weight is 475 g/mol. The van der Waals surface area contributed by atoms with Crippen molar-refractivity contribution in [1.82, 2.24) is 19.6 Å². The summed E-state index contributed by atoms with van der Waals surface area (Å²) in [4.78, 5) is 13.2. The highest BCUT2D eigenvalue weighted by Gasteiger charge is 2.40. The van der Waals surface area contributed by atoms with E-state index in [1.54, 1.807) is 28.7 Å². The quantitative estimate of drug-likeness (QED) is 0.498. The van der Waals surface area contributed by atoms with Gasteiger partial charge >= 0.3 is 0 Å². The van der Waals surface area contributed by atoms with Gasteiger partial charge in [0.2, 0.25) is 0 Å². The van der Waals surface area contributed by atoms with E-state index >= 15 is 0 Å². The number of ketones is 1. The Morgan fingerprint density at radius 3 is 2.64 bits per heavy atom. The molecule has 1 aliphatic carbocycles. The van der Waals surface area contributed by atoms with Gasteiger partial charge in [0.05, 0.1) is 29.1 Å². The molecule has 1 saturated carbocycles. The van der Waals surface area contributed by atoms with Gasteiger partial charge in [0.25, 0.3) is 0 Å². The van der Waals surface area contributed by atoms with Gasteiger partial charge in [-0.25, -0.2) is 12.8 Å². The fraction of sp³-hybridized carbons (Fsp3) is 0.522. The predicted octanol–water partition coefficient (Wildman–Crippen LogP) is 3.01. The Kier molecular flexibility index (Phi) is 5.82. The third-order valence-corrected chi connectivity index (χ3v) is 8.95. The average Bonchev–Trinajstić information content (AvgIpc) is 3.47. The fourth-order valence-electron chi connectivity index (χ4n) is 4.67. The van der Waals surface area contributed by atoms with Crippen molar-refractivity contribution in [3.05, 3.63) is 42.1 Å². The highest BCUT2D eigenvalue weighted by Crippen LogP contribution is 2.39. The number of carbonyl (C=O) groups is 1. The highest BCUT2D eigenvalue weighted by molar-refractivity contribution is 7.92. The van der Waals surface area contributed by atoms with E-state index in [0.717, 1.165) is 12.8 Å². The summed E-state index contributed by atoms with van der Waals surface area (Å²) in [5, 5.41) is 8.46. The number of sulfone groups is 1. The van der Waals surface area contributed by atoms with Gasteiger partial charge in [-0.3, -0.25) is 14.2 Å². The lowest BCUT2D eigenvalue weighted by atomic mass is 9.90. The van der Waals surface area contributed by atoms with Crippen molar-refractivity contribution in [3.8, 4) is 0 Å². The van der Waals surface area contributed by atoms with E-state index in [4.69, 9.17) is 4.74 Å². The van der Waals surface area contributed by atoms with E-state index in [9.17, 15) is 17.6 Å². The third-order valence-electron chi connectivity index (χ3n) is 6.62. The summed E-state index contributed by atoms with van der Waals surface area (Å²) < 4.78 is 49.3. The summed E-state index contributed by atoms with van der Waals surface area (Å²) in [6.07, 6.45) is 6.67. The van der Waals surface area contributed by atoms with E-state index in [1.165, 1.54) is 18.3 Å². The van der Waals surface area contributed by atoms with Crippen molar-refractivity contribution >= 4 is 26.5 Å². The summed E-state index contributed by atoms with van der Waals surface area (Å²) in [7, 11) is -1.97. The zero-order chi connectivity index (χ0) is 23.2. The van der Waals surface area contributed by atoms with Crippen molar-refractivity contribution < 1.29 is 22.3 Å². The maximum absolute atomic E-state index is 14.7. The van der Waals surface area contributed by atoms with Gasteiger partial charge < -0.3 is 4.74 Å². The molecule has 1 atom stereocenters. The lowest BCUT2D eigenvalue weighted by Crippen LogP contribution is -2.27. The Hall–Kier alpha value is -2.59. The molecule has 1 unspecified atom stereocenters. The van der Waals surface area contributed by atoms with E-state index in [2.05, 4.69) is 10.2 Å². The fourth-order valence-corrected chi connectivity index (χ4v) is 6.56. The molecule has 2 aliphatic rings. The number of Topliss-reactive ketones (excluding diaryl/α,β-unsaturated/α-hetero) is 1. The van der Waals surface area contributed by atoms with Gasteiger partial charge in [-0.2, -0.15) is 10.2 Å².